The summed E-state index contributed by atoms with van der Waals surface area (Å²) in [6.07, 6.45) is 6.65. The number of benzene rings is 1. The van der Waals surface area contributed by atoms with Crippen molar-refractivity contribution in [2.45, 2.75) is 52.6 Å². The average Bonchev–Trinajstić information content (AvgIpc) is 3.20. The van der Waals surface area contributed by atoms with Gasteiger partial charge in [-0.2, -0.15) is 5.26 Å². The Morgan fingerprint density at radius 3 is 2.97 bits per heavy atom. The predicted molar refractivity (Wildman–Crippen MR) is 128 cm³/mol. The van der Waals surface area contributed by atoms with Crippen LogP contribution in [0.2, 0.25) is 0 Å². The molecule has 0 spiro atoms. The van der Waals surface area contributed by atoms with E-state index in [1.165, 1.54) is 4.90 Å². The van der Waals surface area contributed by atoms with Crippen molar-refractivity contribution in [2.24, 2.45) is 11.3 Å². The fourth-order valence-corrected chi connectivity index (χ4v) is 5.20. The van der Waals surface area contributed by atoms with Crippen molar-refractivity contribution >= 4 is 17.1 Å². The standard InChI is InChI=1S/C26H31N5O3/c1-3-34-22-8-10-28-21(12-22)16-30(25(32)33)15-20-5-4-9-26(2,13-20)17-31-18-29-23-7-6-19(14-27)11-24(23)31/h6-8,10-12,18,20H,3-5,9,13,15-17H2,1-2H3,(H,32,33)/t20?,26-/m0/s1. The number of fused-ring (bicyclic) bond motifs is 1. The van der Waals surface area contributed by atoms with Crippen molar-refractivity contribution in [1.82, 2.24) is 19.4 Å². The van der Waals surface area contributed by atoms with Crippen LogP contribution in [0.1, 0.15) is 50.8 Å². The Balaban J connectivity index is 1.45. The lowest BCUT2D eigenvalue weighted by Gasteiger charge is -2.40. The third-order valence-corrected chi connectivity index (χ3v) is 6.68. The molecule has 8 nitrogen and oxygen atoms in total. The van der Waals surface area contributed by atoms with E-state index in [0.717, 1.165) is 43.3 Å². The maximum atomic E-state index is 12.0. The summed E-state index contributed by atoms with van der Waals surface area (Å²) in [5.74, 6) is 0.976. The molecule has 0 aliphatic heterocycles. The quantitative estimate of drug-likeness (QED) is 0.502. The fourth-order valence-electron chi connectivity index (χ4n) is 5.20. The highest BCUT2D eigenvalue weighted by Gasteiger charge is 2.34. The van der Waals surface area contributed by atoms with E-state index in [9.17, 15) is 15.2 Å². The Kier molecular flexibility index (Phi) is 7.01. The average molecular weight is 462 g/mol. The maximum absolute atomic E-state index is 12.0. The topological polar surface area (TPSA) is 104 Å². The van der Waals surface area contributed by atoms with Gasteiger partial charge in [-0.15, -0.1) is 0 Å². The molecule has 1 aliphatic rings. The van der Waals surface area contributed by atoms with Crippen LogP contribution in [0.15, 0.2) is 42.9 Å². The van der Waals surface area contributed by atoms with Gasteiger partial charge in [-0.3, -0.25) is 4.98 Å². The first-order chi connectivity index (χ1) is 16.4. The SMILES string of the molecule is CCOc1ccnc(CN(CC2CCC[C@](C)(Cn3cnc4ccc(C#N)cc43)C2)C(=O)O)c1. The highest BCUT2D eigenvalue weighted by Crippen LogP contribution is 2.41. The summed E-state index contributed by atoms with van der Waals surface area (Å²) >= 11 is 0. The van der Waals surface area contributed by atoms with Crippen LogP contribution in [0.3, 0.4) is 0 Å². The molecule has 2 aromatic heterocycles. The molecule has 0 saturated heterocycles. The van der Waals surface area contributed by atoms with Crippen molar-refractivity contribution in [3.63, 3.8) is 0 Å². The zero-order chi connectivity index (χ0) is 24.1. The number of ether oxygens (including phenoxy) is 1. The Bertz CT molecular complexity index is 1200. The van der Waals surface area contributed by atoms with Gasteiger partial charge >= 0.3 is 6.09 Å². The number of hydrogen-bond donors (Lipinski definition) is 1. The lowest BCUT2D eigenvalue weighted by molar-refractivity contribution is 0.0921. The maximum Gasteiger partial charge on any atom is 0.407 e. The van der Waals surface area contributed by atoms with Crippen LogP contribution in [0.5, 0.6) is 5.75 Å². The molecule has 2 atom stereocenters. The van der Waals surface area contributed by atoms with Gasteiger partial charge in [-0.25, -0.2) is 9.78 Å². The van der Waals surface area contributed by atoms with Crippen molar-refractivity contribution in [2.75, 3.05) is 13.2 Å². The first-order valence-corrected chi connectivity index (χ1v) is 11.8. The van der Waals surface area contributed by atoms with Gasteiger partial charge in [-0.05, 0) is 61.8 Å². The Hall–Kier alpha value is -3.60. The molecule has 1 saturated carbocycles. The second-order valence-corrected chi connectivity index (χ2v) is 9.54. The van der Waals surface area contributed by atoms with E-state index in [1.54, 1.807) is 18.3 Å². The largest absolute Gasteiger partial charge is 0.494 e. The number of imidazole rings is 1. The van der Waals surface area contributed by atoms with E-state index < -0.39 is 6.09 Å². The highest BCUT2D eigenvalue weighted by atomic mass is 16.5. The van der Waals surface area contributed by atoms with Gasteiger partial charge in [0.1, 0.15) is 5.75 Å². The molecule has 1 aliphatic carbocycles. The van der Waals surface area contributed by atoms with Crippen LogP contribution in [0.4, 0.5) is 4.79 Å². The summed E-state index contributed by atoms with van der Waals surface area (Å²) in [6, 6.07) is 11.4. The van der Waals surface area contributed by atoms with Crippen LogP contribution in [-0.2, 0) is 13.1 Å². The molecular weight excluding hydrogens is 430 g/mol. The molecule has 4 rings (SSSR count). The lowest BCUT2D eigenvalue weighted by atomic mass is 9.70. The number of nitrogens with zero attached hydrogens (tertiary/aromatic N) is 5. The summed E-state index contributed by atoms with van der Waals surface area (Å²) in [7, 11) is 0. The van der Waals surface area contributed by atoms with E-state index in [1.807, 2.05) is 31.5 Å². The Morgan fingerprint density at radius 1 is 1.35 bits per heavy atom. The van der Waals surface area contributed by atoms with E-state index in [0.29, 0.717) is 30.2 Å². The third-order valence-electron chi connectivity index (χ3n) is 6.68. The van der Waals surface area contributed by atoms with Crippen molar-refractivity contribution in [3.8, 4) is 11.8 Å². The third kappa shape index (κ3) is 5.48. The smallest absolute Gasteiger partial charge is 0.407 e. The van der Waals surface area contributed by atoms with Crippen LogP contribution >= 0.6 is 0 Å². The zero-order valence-corrected chi connectivity index (χ0v) is 19.8. The highest BCUT2D eigenvalue weighted by molar-refractivity contribution is 5.77. The predicted octanol–water partition coefficient (Wildman–Crippen LogP) is 5.08. The van der Waals surface area contributed by atoms with Crippen LogP contribution < -0.4 is 4.74 Å². The van der Waals surface area contributed by atoms with E-state index in [4.69, 9.17) is 4.74 Å². The second kappa shape index (κ2) is 10.1. The number of nitriles is 1. The molecule has 2 heterocycles. The van der Waals surface area contributed by atoms with Gasteiger partial charge in [-0.1, -0.05) is 13.3 Å². The molecule has 1 aromatic carbocycles. The first kappa shape index (κ1) is 23.6. The number of carboxylic acid groups (broad SMARTS) is 1. The van der Waals surface area contributed by atoms with Gasteiger partial charge in [0.2, 0.25) is 0 Å². The zero-order valence-electron chi connectivity index (χ0n) is 19.8. The van der Waals surface area contributed by atoms with E-state index in [-0.39, 0.29) is 17.9 Å². The number of rotatable bonds is 8. The minimum atomic E-state index is -0.930. The summed E-state index contributed by atoms with van der Waals surface area (Å²) in [5.41, 5.74) is 3.19. The number of amides is 1. The number of hydrogen-bond acceptors (Lipinski definition) is 5. The van der Waals surface area contributed by atoms with Crippen molar-refractivity contribution in [1.29, 1.82) is 5.26 Å². The molecule has 0 bridgehead atoms. The Labute approximate surface area is 199 Å². The number of aromatic nitrogens is 3. The molecule has 1 amide bonds. The number of carbonyl (C=O) groups is 1. The molecule has 1 fully saturated rings. The molecule has 8 heteroatoms. The van der Waals surface area contributed by atoms with Gasteiger partial charge in [0.15, 0.2) is 0 Å². The van der Waals surface area contributed by atoms with E-state index in [2.05, 4.69) is 27.5 Å². The first-order valence-electron chi connectivity index (χ1n) is 11.8. The second-order valence-electron chi connectivity index (χ2n) is 9.54. The number of pyridine rings is 1. The van der Waals surface area contributed by atoms with Crippen LogP contribution in [0.25, 0.3) is 11.0 Å². The van der Waals surface area contributed by atoms with Gasteiger partial charge in [0.05, 0.1) is 47.8 Å². The monoisotopic (exact) mass is 461 g/mol. The van der Waals surface area contributed by atoms with Gasteiger partial charge in [0.25, 0.3) is 0 Å². The molecular formula is C26H31N5O3. The normalized spacial score (nSPS) is 20.1. The van der Waals surface area contributed by atoms with E-state index >= 15 is 0 Å². The summed E-state index contributed by atoms with van der Waals surface area (Å²) in [6.45, 7) is 6.26. The molecule has 1 unspecified atom stereocenters. The van der Waals surface area contributed by atoms with Crippen LogP contribution in [0, 0.1) is 22.7 Å². The molecule has 1 N–H and O–H groups in total. The summed E-state index contributed by atoms with van der Waals surface area (Å²) < 4.78 is 7.67. The Morgan fingerprint density at radius 2 is 2.21 bits per heavy atom. The van der Waals surface area contributed by atoms with Crippen molar-refractivity contribution < 1.29 is 14.6 Å². The fraction of sp³-hybridized carbons (Fsp3) is 0.462. The lowest BCUT2D eigenvalue weighted by Crippen LogP contribution is -2.38. The van der Waals surface area contributed by atoms with Crippen molar-refractivity contribution in [3.05, 3.63) is 54.1 Å². The molecule has 34 heavy (non-hydrogen) atoms. The van der Waals surface area contributed by atoms with Gasteiger partial charge in [0, 0.05) is 25.4 Å². The van der Waals surface area contributed by atoms with Gasteiger partial charge < -0.3 is 19.3 Å². The molecule has 3 aromatic rings. The summed E-state index contributed by atoms with van der Waals surface area (Å²) in [5, 5.41) is 19.1. The minimum Gasteiger partial charge on any atom is -0.494 e. The molecule has 178 valence electrons. The summed E-state index contributed by atoms with van der Waals surface area (Å²) in [4.78, 5) is 22.4. The minimum absolute atomic E-state index is 0.0243. The van der Waals surface area contributed by atoms with Crippen LogP contribution in [-0.4, -0.2) is 43.8 Å². The molecule has 0 radical (unpaired) electrons.